The van der Waals surface area contributed by atoms with E-state index in [1.54, 1.807) is 11.3 Å². The number of amidine groups is 1. The fraction of sp³-hybridized carbons (Fsp3) is 0.265. The van der Waals surface area contributed by atoms with Gasteiger partial charge in [-0.15, -0.1) is 11.3 Å². The van der Waals surface area contributed by atoms with E-state index in [4.69, 9.17) is 4.99 Å². The van der Waals surface area contributed by atoms with E-state index < -0.39 is 0 Å². The van der Waals surface area contributed by atoms with Crippen LogP contribution in [0.4, 0.5) is 11.4 Å². The Hall–Kier alpha value is -3.88. The summed E-state index contributed by atoms with van der Waals surface area (Å²) in [5, 5.41) is 7.59. The molecular weight excluding hydrogens is 561 g/mol. The maximum absolute atomic E-state index is 13.8. The Morgan fingerprint density at radius 3 is 2.48 bits per heavy atom. The molecule has 2 aliphatic rings. The zero-order valence-electron chi connectivity index (χ0n) is 24.6. The van der Waals surface area contributed by atoms with Crippen molar-refractivity contribution in [1.29, 1.82) is 0 Å². The molecule has 0 unspecified atom stereocenters. The van der Waals surface area contributed by atoms with E-state index in [-0.39, 0.29) is 11.8 Å². The second kappa shape index (κ2) is 11.4. The van der Waals surface area contributed by atoms with Gasteiger partial charge in [0.05, 0.1) is 16.2 Å². The Balaban J connectivity index is 1.35. The van der Waals surface area contributed by atoms with Crippen LogP contribution in [0.2, 0.25) is 0 Å². The van der Waals surface area contributed by atoms with E-state index in [0.717, 1.165) is 75.7 Å². The fourth-order valence-electron chi connectivity index (χ4n) is 5.68. The second-order valence-electron chi connectivity index (χ2n) is 11.1. The molecule has 1 saturated heterocycles. The van der Waals surface area contributed by atoms with Crippen LogP contribution in [0, 0.1) is 34.6 Å². The average molecular weight is 595 g/mol. The number of hydrogen-bond donors (Lipinski definition) is 2. The monoisotopic (exact) mass is 594 g/mol. The molecule has 3 heterocycles. The maximum Gasteiger partial charge on any atom is 0.264 e. The summed E-state index contributed by atoms with van der Waals surface area (Å²) < 4.78 is 2.18. The Morgan fingerprint density at radius 1 is 0.976 bits per heavy atom. The van der Waals surface area contributed by atoms with E-state index in [1.165, 1.54) is 27.8 Å². The highest BCUT2D eigenvalue weighted by Gasteiger charge is 2.29. The lowest BCUT2D eigenvalue weighted by Gasteiger charge is -2.14. The molecule has 2 aromatic heterocycles. The summed E-state index contributed by atoms with van der Waals surface area (Å²) in [4.78, 5) is 33.3. The molecule has 0 atom stereocenters. The van der Waals surface area contributed by atoms with Gasteiger partial charge in [-0.25, -0.2) is 4.99 Å². The Morgan fingerprint density at radius 2 is 1.71 bits per heavy atom. The molecule has 0 spiro atoms. The van der Waals surface area contributed by atoms with Crippen LogP contribution in [0.25, 0.3) is 11.1 Å². The summed E-state index contributed by atoms with van der Waals surface area (Å²) in [6, 6.07) is 16.1. The van der Waals surface area contributed by atoms with Crippen molar-refractivity contribution in [2.24, 2.45) is 4.99 Å². The molecule has 0 radical (unpaired) electrons. The average Bonchev–Trinajstić information content (AvgIpc) is 3.59. The standard InChI is InChI=1S/C34H34N4O2S2/c1-19-10-13-25(14-11-19)35-32(40)30-26-8-6-7-9-28(26)41-33(30)38-22(4)17-24(23(38)5)18-29-31(39)37-34(42-29)36-27-15-12-20(2)16-21(27)3/h10-18H,6-9H2,1-5H3,(H,35,40)(H,36,37,39)/b29-18-. The third kappa shape index (κ3) is 5.49. The summed E-state index contributed by atoms with van der Waals surface area (Å²) in [6.07, 6.45) is 6.08. The first-order valence-electron chi connectivity index (χ1n) is 14.3. The molecule has 4 aromatic rings. The number of nitrogens with zero attached hydrogens (tertiary/aromatic N) is 2. The molecule has 0 bridgehead atoms. The number of benzene rings is 2. The van der Waals surface area contributed by atoms with E-state index in [9.17, 15) is 9.59 Å². The Bertz CT molecular complexity index is 1790. The zero-order chi connectivity index (χ0) is 29.5. The smallest absolute Gasteiger partial charge is 0.264 e. The number of aryl methyl sites for hydroxylation is 5. The summed E-state index contributed by atoms with van der Waals surface area (Å²) in [5.74, 6) is -0.225. The van der Waals surface area contributed by atoms with Gasteiger partial charge >= 0.3 is 0 Å². The third-order valence-corrected chi connectivity index (χ3v) is 10.1. The quantitative estimate of drug-likeness (QED) is 0.229. The SMILES string of the molecule is Cc1ccc(NC(=O)c2c(-n3c(C)cc(/C=C4\SC(=Nc5ccc(C)cc5C)NC4=O)c3C)sc3c2CCCC3)cc1. The first-order chi connectivity index (χ1) is 20.2. The summed E-state index contributed by atoms with van der Waals surface area (Å²) in [6.45, 7) is 10.2. The molecule has 2 aromatic carbocycles. The van der Waals surface area contributed by atoms with Gasteiger partial charge in [0.2, 0.25) is 0 Å². The van der Waals surface area contributed by atoms with Crippen LogP contribution >= 0.6 is 23.1 Å². The molecule has 6 rings (SSSR count). The number of anilines is 1. The molecule has 1 aliphatic carbocycles. The predicted octanol–water partition coefficient (Wildman–Crippen LogP) is 8.10. The van der Waals surface area contributed by atoms with Gasteiger partial charge < -0.3 is 15.2 Å². The highest BCUT2D eigenvalue weighted by atomic mass is 32.2. The highest BCUT2D eigenvalue weighted by Crippen LogP contribution is 2.40. The minimum absolute atomic E-state index is 0.0707. The van der Waals surface area contributed by atoms with Crippen LogP contribution in [0.5, 0.6) is 0 Å². The zero-order valence-corrected chi connectivity index (χ0v) is 26.2. The molecule has 1 aliphatic heterocycles. The van der Waals surface area contributed by atoms with Crippen LogP contribution in [0.3, 0.4) is 0 Å². The van der Waals surface area contributed by atoms with Gasteiger partial charge in [-0.05, 0) is 119 Å². The molecule has 2 N–H and O–H groups in total. The lowest BCUT2D eigenvalue weighted by Crippen LogP contribution is -2.19. The van der Waals surface area contributed by atoms with Gasteiger partial charge in [-0.2, -0.15) is 0 Å². The van der Waals surface area contributed by atoms with E-state index >= 15 is 0 Å². The molecule has 6 nitrogen and oxygen atoms in total. The van der Waals surface area contributed by atoms with Crippen LogP contribution in [0.1, 0.15) is 67.3 Å². The number of thiophene rings is 1. The first-order valence-corrected chi connectivity index (χ1v) is 15.9. The molecule has 8 heteroatoms. The van der Waals surface area contributed by atoms with Crippen LogP contribution in [0.15, 0.2) is 58.4 Å². The largest absolute Gasteiger partial charge is 0.322 e. The van der Waals surface area contributed by atoms with Crippen LogP contribution in [-0.2, 0) is 17.6 Å². The lowest BCUT2D eigenvalue weighted by molar-refractivity contribution is -0.115. The molecule has 2 amide bonds. The van der Waals surface area contributed by atoms with Gasteiger partial charge in [-0.3, -0.25) is 9.59 Å². The summed E-state index contributed by atoms with van der Waals surface area (Å²) in [5.41, 5.74) is 9.96. The number of aliphatic imine (C=N–C) groups is 1. The van der Waals surface area contributed by atoms with Crippen molar-refractivity contribution in [1.82, 2.24) is 9.88 Å². The summed E-state index contributed by atoms with van der Waals surface area (Å²) in [7, 11) is 0. The number of amides is 2. The number of carbonyl (C=O) groups is 2. The number of fused-ring (bicyclic) bond motifs is 1. The second-order valence-corrected chi connectivity index (χ2v) is 13.3. The Labute approximate surface area is 255 Å². The van der Waals surface area contributed by atoms with Gasteiger partial charge in [0, 0.05) is 22.0 Å². The van der Waals surface area contributed by atoms with Crippen molar-refractivity contribution in [3.05, 3.63) is 103 Å². The van der Waals surface area contributed by atoms with E-state index in [1.807, 2.05) is 56.3 Å². The third-order valence-electron chi connectivity index (χ3n) is 7.87. The summed E-state index contributed by atoms with van der Waals surface area (Å²) >= 11 is 3.08. The number of rotatable bonds is 5. The number of hydrogen-bond acceptors (Lipinski definition) is 5. The highest BCUT2D eigenvalue weighted by molar-refractivity contribution is 8.18. The van der Waals surface area contributed by atoms with E-state index in [0.29, 0.717) is 10.1 Å². The Kier molecular flexibility index (Phi) is 7.68. The van der Waals surface area contributed by atoms with Crippen LogP contribution < -0.4 is 10.6 Å². The van der Waals surface area contributed by atoms with Crippen molar-refractivity contribution in [2.75, 3.05) is 5.32 Å². The number of aromatic nitrogens is 1. The van der Waals surface area contributed by atoms with Crippen molar-refractivity contribution in [2.45, 2.75) is 60.3 Å². The van der Waals surface area contributed by atoms with Crippen molar-refractivity contribution in [3.8, 4) is 5.00 Å². The van der Waals surface area contributed by atoms with Crippen molar-refractivity contribution >= 4 is 57.5 Å². The first kappa shape index (κ1) is 28.2. The van der Waals surface area contributed by atoms with Gasteiger partial charge in [0.15, 0.2) is 5.17 Å². The molecule has 0 saturated carbocycles. The molecular formula is C34H34N4O2S2. The number of thioether (sulfide) groups is 1. The molecule has 42 heavy (non-hydrogen) atoms. The van der Waals surface area contributed by atoms with Crippen molar-refractivity contribution < 1.29 is 9.59 Å². The van der Waals surface area contributed by atoms with Gasteiger partial charge in [-0.1, -0.05) is 35.4 Å². The van der Waals surface area contributed by atoms with Gasteiger partial charge in [0.25, 0.3) is 11.8 Å². The fourth-order valence-corrected chi connectivity index (χ4v) is 8.00. The van der Waals surface area contributed by atoms with Crippen LogP contribution in [-0.4, -0.2) is 21.5 Å². The number of nitrogens with one attached hydrogen (secondary N) is 2. The van der Waals surface area contributed by atoms with Crippen molar-refractivity contribution in [3.63, 3.8) is 0 Å². The minimum Gasteiger partial charge on any atom is -0.322 e. The maximum atomic E-state index is 13.8. The topological polar surface area (TPSA) is 75.5 Å². The van der Waals surface area contributed by atoms with Gasteiger partial charge in [0.1, 0.15) is 5.00 Å². The predicted molar refractivity (Wildman–Crippen MR) is 176 cm³/mol. The molecule has 214 valence electrons. The minimum atomic E-state index is -0.155. The molecule has 1 fully saturated rings. The normalized spacial score (nSPS) is 16.6. The lowest BCUT2D eigenvalue weighted by atomic mass is 9.95. The van der Waals surface area contributed by atoms with E-state index in [2.05, 4.69) is 48.1 Å². The number of carbonyl (C=O) groups excluding carboxylic acids is 2.